The van der Waals surface area contributed by atoms with Crippen molar-refractivity contribution in [1.29, 1.82) is 0 Å². The van der Waals surface area contributed by atoms with E-state index in [-0.39, 0.29) is 23.1 Å². The SMILES string of the molecule is CNCC(C)CNS(=O)(=O)c1ccc(OC)cc1[N+](=O)[O-]. The molecule has 0 bridgehead atoms. The Morgan fingerprint density at radius 1 is 1.38 bits per heavy atom. The molecule has 0 aliphatic rings. The Kier molecular flexibility index (Phi) is 6.06. The van der Waals surface area contributed by atoms with Crippen molar-refractivity contribution in [2.45, 2.75) is 11.8 Å². The minimum Gasteiger partial charge on any atom is -0.497 e. The first-order chi connectivity index (χ1) is 9.81. The summed E-state index contributed by atoms with van der Waals surface area (Å²) in [6.45, 7) is 2.68. The number of hydrogen-bond donors (Lipinski definition) is 2. The maximum absolute atomic E-state index is 12.2. The Balaban J connectivity index is 3.05. The molecule has 1 atom stereocenters. The maximum Gasteiger partial charge on any atom is 0.293 e. The molecule has 2 N–H and O–H groups in total. The molecule has 0 saturated heterocycles. The van der Waals surface area contributed by atoms with Gasteiger partial charge in [-0.1, -0.05) is 6.92 Å². The van der Waals surface area contributed by atoms with Gasteiger partial charge in [0.1, 0.15) is 5.75 Å². The number of methoxy groups -OCH3 is 1. The number of nitro groups is 1. The van der Waals surface area contributed by atoms with Crippen molar-refractivity contribution < 1.29 is 18.1 Å². The van der Waals surface area contributed by atoms with Crippen LogP contribution in [0.2, 0.25) is 0 Å². The molecule has 0 aliphatic carbocycles. The van der Waals surface area contributed by atoms with E-state index in [2.05, 4.69) is 10.0 Å². The van der Waals surface area contributed by atoms with Crippen LogP contribution >= 0.6 is 0 Å². The Hall–Kier alpha value is -1.71. The second-order valence-electron chi connectivity index (χ2n) is 4.61. The Labute approximate surface area is 123 Å². The van der Waals surface area contributed by atoms with Gasteiger partial charge in [0.15, 0.2) is 4.90 Å². The summed E-state index contributed by atoms with van der Waals surface area (Å²) in [7, 11) is -0.834. The molecule has 0 saturated carbocycles. The second kappa shape index (κ2) is 7.34. The largest absolute Gasteiger partial charge is 0.497 e. The first kappa shape index (κ1) is 17.3. The third-order valence-electron chi connectivity index (χ3n) is 2.83. The predicted octanol–water partition coefficient (Wildman–Crippen LogP) is 0.737. The van der Waals surface area contributed by atoms with E-state index in [0.29, 0.717) is 6.54 Å². The summed E-state index contributed by atoms with van der Waals surface area (Å²) in [6, 6.07) is 3.63. The number of sulfonamides is 1. The molecule has 1 rings (SSSR count). The van der Waals surface area contributed by atoms with Crippen LogP contribution in [0.15, 0.2) is 23.1 Å². The van der Waals surface area contributed by atoms with Gasteiger partial charge in [-0.2, -0.15) is 0 Å². The lowest BCUT2D eigenvalue weighted by Gasteiger charge is -2.12. The van der Waals surface area contributed by atoms with Crippen LogP contribution < -0.4 is 14.8 Å². The summed E-state index contributed by atoms with van der Waals surface area (Å²) in [6.07, 6.45) is 0. The highest BCUT2D eigenvalue weighted by molar-refractivity contribution is 7.89. The van der Waals surface area contributed by atoms with Crippen molar-refractivity contribution >= 4 is 15.7 Å². The highest BCUT2D eigenvalue weighted by Gasteiger charge is 2.26. The molecule has 0 fully saturated rings. The topological polar surface area (TPSA) is 111 Å². The third kappa shape index (κ3) is 4.66. The van der Waals surface area contributed by atoms with E-state index in [1.807, 2.05) is 6.92 Å². The quantitative estimate of drug-likeness (QED) is 0.540. The van der Waals surface area contributed by atoms with Crippen molar-refractivity contribution in [3.8, 4) is 5.75 Å². The van der Waals surface area contributed by atoms with Gasteiger partial charge in [0, 0.05) is 6.54 Å². The van der Waals surface area contributed by atoms with Crippen LogP contribution in [0.25, 0.3) is 0 Å². The molecule has 1 unspecified atom stereocenters. The Morgan fingerprint density at radius 3 is 2.57 bits per heavy atom. The number of nitrogens with zero attached hydrogens (tertiary/aromatic N) is 1. The molecule has 0 heterocycles. The maximum atomic E-state index is 12.2. The summed E-state index contributed by atoms with van der Waals surface area (Å²) >= 11 is 0. The zero-order valence-corrected chi connectivity index (χ0v) is 12.9. The van der Waals surface area contributed by atoms with Crippen LogP contribution in [-0.2, 0) is 10.0 Å². The summed E-state index contributed by atoms with van der Waals surface area (Å²) < 4.78 is 31.6. The summed E-state index contributed by atoms with van der Waals surface area (Å²) in [5, 5.41) is 14.0. The molecule has 0 spiro atoms. The number of benzene rings is 1. The molecule has 0 aromatic heterocycles. The van der Waals surface area contributed by atoms with Crippen molar-refractivity contribution in [3.63, 3.8) is 0 Å². The van der Waals surface area contributed by atoms with E-state index in [0.717, 1.165) is 6.07 Å². The van der Waals surface area contributed by atoms with Crippen molar-refractivity contribution in [2.24, 2.45) is 5.92 Å². The Morgan fingerprint density at radius 2 is 2.05 bits per heavy atom. The molecule has 1 aromatic rings. The summed E-state index contributed by atoms with van der Waals surface area (Å²) in [5.41, 5.74) is -0.511. The van der Waals surface area contributed by atoms with E-state index in [4.69, 9.17) is 4.74 Å². The van der Waals surface area contributed by atoms with E-state index < -0.39 is 20.6 Å². The van der Waals surface area contributed by atoms with Crippen molar-refractivity contribution in [1.82, 2.24) is 10.0 Å². The number of nitrogens with one attached hydrogen (secondary N) is 2. The zero-order chi connectivity index (χ0) is 16.0. The standard InChI is InChI=1S/C12H19N3O5S/c1-9(7-13-2)8-14-21(18,19)12-5-4-10(20-3)6-11(12)15(16)17/h4-6,9,13-14H,7-8H2,1-3H3. The fourth-order valence-corrected chi connectivity index (χ4v) is 3.06. The normalized spacial score (nSPS) is 12.9. The summed E-state index contributed by atoms with van der Waals surface area (Å²) in [5.74, 6) is 0.284. The average molecular weight is 317 g/mol. The molecule has 0 aliphatic heterocycles. The highest BCUT2D eigenvalue weighted by atomic mass is 32.2. The van der Waals surface area contributed by atoms with Gasteiger partial charge in [0.2, 0.25) is 10.0 Å². The first-order valence-electron chi connectivity index (χ1n) is 6.28. The van der Waals surface area contributed by atoms with Crippen molar-refractivity contribution in [3.05, 3.63) is 28.3 Å². The molecule has 9 heteroatoms. The van der Waals surface area contributed by atoms with Gasteiger partial charge in [0.05, 0.1) is 18.1 Å². The number of rotatable bonds is 8. The van der Waals surface area contributed by atoms with Crippen molar-refractivity contribution in [2.75, 3.05) is 27.2 Å². The second-order valence-corrected chi connectivity index (χ2v) is 6.34. The van der Waals surface area contributed by atoms with Crippen LogP contribution in [0, 0.1) is 16.0 Å². The highest BCUT2D eigenvalue weighted by Crippen LogP contribution is 2.28. The molecule has 1 aromatic carbocycles. The smallest absolute Gasteiger partial charge is 0.293 e. The van der Waals surface area contributed by atoms with Gasteiger partial charge in [-0.05, 0) is 31.6 Å². The minimum absolute atomic E-state index is 0.0575. The van der Waals surface area contributed by atoms with E-state index in [9.17, 15) is 18.5 Å². The van der Waals surface area contributed by atoms with Crippen LogP contribution in [0.1, 0.15) is 6.92 Å². The van der Waals surface area contributed by atoms with Gasteiger partial charge >= 0.3 is 0 Å². The first-order valence-corrected chi connectivity index (χ1v) is 7.76. The van der Waals surface area contributed by atoms with E-state index in [1.165, 1.54) is 19.2 Å². The number of hydrogen-bond acceptors (Lipinski definition) is 6. The molecule has 8 nitrogen and oxygen atoms in total. The van der Waals surface area contributed by atoms with Crippen LogP contribution in [-0.4, -0.2) is 40.6 Å². The fourth-order valence-electron chi connectivity index (χ4n) is 1.74. The van der Waals surface area contributed by atoms with Gasteiger partial charge in [-0.15, -0.1) is 0 Å². The predicted molar refractivity (Wildman–Crippen MR) is 77.9 cm³/mol. The van der Waals surface area contributed by atoms with E-state index in [1.54, 1.807) is 7.05 Å². The lowest BCUT2D eigenvalue weighted by atomic mass is 10.2. The lowest BCUT2D eigenvalue weighted by molar-refractivity contribution is -0.387. The molecular weight excluding hydrogens is 298 g/mol. The van der Waals surface area contributed by atoms with Gasteiger partial charge < -0.3 is 10.1 Å². The van der Waals surface area contributed by atoms with Gasteiger partial charge in [0.25, 0.3) is 5.69 Å². The minimum atomic E-state index is -3.95. The van der Waals surface area contributed by atoms with Crippen LogP contribution in [0.5, 0.6) is 5.75 Å². The molecular formula is C12H19N3O5S. The van der Waals surface area contributed by atoms with Crippen LogP contribution in [0.4, 0.5) is 5.69 Å². The zero-order valence-electron chi connectivity index (χ0n) is 12.1. The molecule has 0 radical (unpaired) electrons. The monoisotopic (exact) mass is 317 g/mol. The average Bonchev–Trinajstić information content (AvgIpc) is 2.45. The van der Waals surface area contributed by atoms with Crippen LogP contribution in [0.3, 0.4) is 0 Å². The number of ether oxygens (including phenoxy) is 1. The lowest BCUT2D eigenvalue weighted by Crippen LogP contribution is -2.32. The molecule has 118 valence electrons. The fraction of sp³-hybridized carbons (Fsp3) is 0.500. The molecule has 0 amide bonds. The summed E-state index contributed by atoms with van der Waals surface area (Å²) in [4.78, 5) is 9.91. The molecule has 21 heavy (non-hydrogen) atoms. The van der Waals surface area contributed by atoms with E-state index >= 15 is 0 Å². The van der Waals surface area contributed by atoms with Gasteiger partial charge in [-0.25, -0.2) is 13.1 Å². The third-order valence-corrected chi connectivity index (χ3v) is 4.30. The Bertz CT molecular complexity index is 603. The number of nitro benzene ring substituents is 1. The van der Waals surface area contributed by atoms with Gasteiger partial charge in [-0.3, -0.25) is 10.1 Å².